The van der Waals surface area contributed by atoms with Crippen LogP contribution in [0.25, 0.3) is 5.69 Å². The van der Waals surface area contributed by atoms with Crippen molar-refractivity contribution in [2.24, 2.45) is 0 Å². The van der Waals surface area contributed by atoms with E-state index in [4.69, 9.17) is 16.3 Å². The molecular weight excluding hydrogens is 368 g/mol. The summed E-state index contributed by atoms with van der Waals surface area (Å²) < 4.78 is 6.63. The van der Waals surface area contributed by atoms with Crippen LogP contribution in [-0.2, 0) is 4.74 Å². The van der Waals surface area contributed by atoms with Crippen molar-refractivity contribution in [2.45, 2.75) is 13.8 Å². The van der Waals surface area contributed by atoms with Gasteiger partial charge in [0.15, 0.2) is 0 Å². The minimum atomic E-state index is -0.410. The largest absolute Gasteiger partial charge is 0.462 e. The molecule has 0 bridgehead atoms. The van der Waals surface area contributed by atoms with E-state index >= 15 is 0 Å². The lowest BCUT2D eigenvalue weighted by Gasteiger charge is -2.08. The molecule has 0 aliphatic heterocycles. The predicted molar refractivity (Wildman–Crippen MR) is 101 cm³/mol. The smallest absolute Gasteiger partial charge is 0.341 e. The summed E-state index contributed by atoms with van der Waals surface area (Å²) in [6, 6.07) is 10.1. The molecule has 7 nitrogen and oxygen atoms in total. The maximum absolute atomic E-state index is 12.3. The minimum Gasteiger partial charge on any atom is -0.462 e. The lowest BCUT2D eigenvalue weighted by atomic mass is 10.2. The number of halogens is 1. The number of amides is 1. The normalized spacial score (nSPS) is 10.5. The summed E-state index contributed by atoms with van der Waals surface area (Å²) in [5.41, 5.74) is 2.26. The lowest BCUT2D eigenvalue weighted by molar-refractivity contribution is 0.0525. The molecule has 2 heterocycles. The molecule has 0 fully saturated rings. The number of ether oxygens (including phenoxy) is 1. The molecule has 27 heavy (non-hydrogen) atoms. The molecule has 0 saturated heterocycles. The van der Waals surface area contributed by atoms with Crippen LogP contribution in [0.5, 0.6) is 0 Å². The van der Waals surface area contributed by atoms with Gasteiger partial charge in [0.2, 0.25) is 0 Å². The van der Waals surface area contributed by atoms with E-state index in [1.54, 1.807) is 54.9 Å². The highest BCUT2D eigenvalue weighted by Gasteiger charge is 2.16. The zero-order chi connectivity index (χ0) is 19.4. The second-order valence-electron chi connectivity index (χ2n) is 5.64. The van der Waals surface area contributed by atoms with E-state index in [-0.39, 0.29) is 5.91 Å². The summed E-state index contributed by atoms with van der Waals surface area (Å²) in [7, 11) is 0. The van der Waals surface area contributed by atoms with Crippen LogP contribution >= 0.6 is 11.6 Å². The monoisotopic (exact) mass is 384 g/mol. The van der Waals surface area contributed by atoms with Gasteiger partial charge in [-0.3, -0.25) is 4.79 Å². The van der Waals surface area contributed by atoms with E-state index in [1.165, 1.54) is 12.4 Å². The van der Waals surface area contributed by atoms with Gasteiger partial charge < -0.3 is 10.1 Å². The van der Waals surface area contributed by atoms with Crippen molar-refractivity contribution in [3.63, 3.8) is 0 Å². The zero-order valence-electron chi connectivity index (χ0n) is 14.8. The molecule has 1 amide bonds. The van der Waals surface area contributed by atoms with E-state index in [9.17, 15) is 9.59 Å². The van der Waals surface area contributed by atoms with Gasteiger partial charge in [0.25, 0.3) is 5.91 Å². The quantitative estimate of drug-likeness (QED) is 0.678. The Balaban J connectivity index is 1.76. The van der Waals surface area contributed by atoms with Gasteiger partial charge in [-0.1, -0.05) is 11.6 Å². The van der Waals surface area contributed by atoms with Crippen LogP contribution in [0.2, 0.25) is 5.02 Å². The Morgan fingerprint density at radius 3 is 2.52 bits per heavy atom. The third-order valence-electron chi connectivity index (χ3n) is 3.85. The van der Waals surface area contributed by atoms with Gasteiger partial charge in [0.1, 0.15) is 11.4 Å². The van der Waals surface area contributed by atoms with Gasteiger partial charge in [0, 0.05) is 11.8 Å². The Bertz CT molecular complexity index is 966. The standard InChI is InChI=1S/C19H17ClN4O3/c1-3-27-19(26)16-11-22-24(12(16)2)15-7-4-13(5-8-15)18(25)23-17-9-6-14(20)10-21-17/h4-11H,3H2,1-2H3,(H,21,23,25). The van der Waals surface area contributed by atoms with E-state index in [0.29, 0.717) is 34.3 Å². The van der Waals surface area contributed by atoms with Crippen molar-refractivity contribution in [2.75, 3.05) is 11.9 Å². The van der Waals surface area contributed by atoms with Gasteiger partial charge in [0.05, 0.1) is 29.2 Å². The third-order valence-corrected chi connectivity index (χ3v) is 4.07. The first-order valence-electron chi connectivity index (χ1n) is 8.24. The van der Waals surface area contributed by atoms with Gasteiger partial charge in [-0.15, -0.1) is 0 Å². The first-order chi connectivity index (χ1) is 13.0. The van der Waals surface area contributed by atoms with E-state index in [0.717, 1.165) is 5.69 Å². The predicted octanol–water partition coefficient (Wildman–Crippen LogP) is 3.66. The number of rotatable bonds is 5. The number of carbonyl (C=O) groups is 2. The number of hydrogen-bond acceptors (Lipinski definition) is 5. The number of anilines is 1. The number of esters is 1. The fourth-order valence-electron chi connectivity index (χ4n) is 2.47. The van der Waals surface area contributed by atoms with Gasteiger partial charge >= 0.3 is 5.97 Å². The minimum absolute atomic E-state index is 0.291. The Labute approximate surface area is 160 Å². The molecule has 0 aliphatic rings. The molecule has 0 radical (unpaired) electrons. The lowest BCUT2D eigenvalue weighted by Crippen LogP contribution is -2.13. The Hall–Kier alpha value is -3.19. The Kier molecular flexibility index (Phi) is 5.52. The number of aromatic nitrogens is 3. The Morgan fingerprint density at radius 2 is 1.89 bits per heavy atom. The number of nitrogens with zero attached hydrogens (tertiary/aromatic N) is 3. The number of carbonyl (C=O) groups excluding carboxylic acids is 2. The van der Waals surface area contributed by atoms with Crippen LogP contribution in [0.15, 0.2) is 48.8 Å². The number of nitrogens with one attached hydrogen (secondary N) is 1. The highest BCUT2D eigenvalue weighted by Crippen LogP contribution is 2.17. The number of hydrogen-bond donors (Lipinski definition) is 1. The summed E-state index contributed by atoms with van der Waals surface area (Å²) in [4.78, 5) is 28.2. The van der Waals surface area contributed by atoms with Crippen molar-refractivity contribution in [1.82, 2.24) is 14.8 Å². The molecule has 0 unspecified atom stereocenters. The maximum atomic E-state index is 12.3. The molecule has 138 valence electrons. The van der Waals surface area contributed by atoms with Crippen LogP contribution in [0, 0.1) is 6.92 Å². The van der Waals surface area contributed by atoms with E-state index in [1.807, 2.05) is 0 Å². The SMILES string of the molecule is CCOC(=O)c1cnn(-c2ccc(C(=O)Nc3ccc(Cl)cn3)cc2)c1C. The maximum Gasteiger partial charge on any atom is 0.341 e. The fraction of sp³-hybridized carbons (Fsp3) is 0.158. The molecular formula is C19H17ClN4O3. The summed E-state index contributed by atoms with van der Waals surface area (Å²) in [6.07, 6.45) is 2.93. The number of benzene rings is 1. The summed E-state index contributed by atoms with van der Waals surface area (Å²) in [5.74, 6) is -0.288. The summed E-state index contributed by atoms with van der Waals surface area (Å²) in [5, 5.41) is 7.42. The Morgan fingerprint density at radius 1 is 1.15 bits per heavy atom. The molecule has 0 spiro atoms. The molecule has 1 N–H and O–H groups in total. The van der Waals surface area contributed by atoms with Gasteiger partial charge in [-0.2, -0.15) is 5.10 Å². The third kappa shape index (κ3) is 4.15. The first-order valence-corrected chi connectivity index (χ1v) is 8.62. The first kappa shape index (κ1) is 18.6. The van der Waals surface area contributed by atoms with Crippen LogP contribution < -0.4 is 5.32 Å². The summed E-state index contributed by atoms with van der Waals surface area (Å²) >= 11 is 5.78. The van der Waals surface area contributed by atoms with Crippen molar-refractivity contribution in [1.29, 1.82) is 0 Å². The molecule has 0 atom stereocenters. The molecule has 3 aromatic rings. The van der Waals surface area contributed by atoms with Crippen molar-refractivity contribution in [3.8, 4) is 5.69 Å². The molecule has 8 heteroatoms. The van der Waals surface area contributed by atoms with Gasteiger partial charge in [-0.05, 0) is 50.2 Å². The zero-order valence-corrected chi connectivity index (χ0v) is 15.5. The van der Waals surface area contributed by atoms with Crippen LogP contribution in [0.1, 0.15) is 33.3 Å². The van der Waals surface area contributed by atoms with Crippen molar-refractivity contribution >= 4 is 29.3 Å². The van der Waals surface area contributed by atoms with Crippen LogP contribution in [-0.4, -0.2) is 33.2 Å². The summed E-state index contributed by atoms with van der Waals surface area (Å²) in [6.45, 7) is 3.84. The fourth-order valence-corrected chi connectivity index (χ4v) is 2.58. The highest BCUT2D eigenvalue weighted by atomic mass is 35.5. The van der Waals surface area contributed by atoms with E-state index < -0.39 is 5.97 Å². The second-order valence-corrected chi connectivity index (χ2v) is 6.08. The average Bonchev–Trinajstić information content (AvgIpc) is 3.05. The van der Waals surface area contributed by atoms with Gasteiger partial charge in [-0.25, -0.2) is 14.5 Å². The molecule has 3 rings (SSSR count). The molecule has 0 saturated carbocycles. The second kappa shape index (κ2) is 8.01. The van der Waals surface area contributed by atoms with Crippen molar-refractivity contribution in [3.05, 3.63) is 70.6 Å². The molecule has 0 aliphatic carbocycles. The number of pyridine rings is 1. The van der Waals surface area contributed by atoms with Crippen LogP contribution in [0.4, 0.5) is 5.82 Å². The van der Waals surface area contributed by atoms with E-state index in [2.05, 4.69) is 15.4 Å². The highest BCUT2D eigenvalue weighted by molar-refractivity contribution is 6.30. The van der Waals surface area contributed by atoms with Crippen LogP contribution in [0.3, 0.4) is 0 Å². The molecule has 1 aromatic carbocycles. The topological polar surface area (TPSA) is 86.1 Å². The van der Waals surface area contributed by atoms with Crippen molar-refractivity contribution < 1.29 is 14.3 Å². The molecule has 2 aromatic heterocycles. The average molecular weight is 385 g/mol.